The summed E-state index contributed by atoms with van der Waals surface area (Å²) < 4.78 is 0.708. The van der Waals surface area contributed by atoms with Crippen molar-refractivity contribution in [2.45, 2.75) is 0 Å². The molecule has 1 rings (SSSR count). The molecule has 0 bridgehead atoms. The van der Waals surface area contributed by atoms with Crippen molar-refractivity contribution in [3.05, 3.63) is 34.8 Å². The number of halogens is 1. The summed E-state index contributed by atoms with van der Waals surface area (Å²) in [5.41, 5.74) is 14.5. The Labute approximate surface area is 86.1 Å². The van der Waals surface area contributed by atoms with Crippen molar-refractivity contribution in [2.75, 3.05) is 11.5 Å². The van der Waals surface area contributed by atoms with Crippen LogP contribution in [0.1, 0.15) is 11.1 Å². The number of rotatable bonds is 2. The number of nitrogens with two attached hydrogens (primary N) is 2. The molecule has 0 fully saturated rings. The Morgan fingerprint density at radius 3 is 1.77 bits per heavy atom. The maximum atomic E-state index is 5.79. The van der Waals surface area contributed by atoms with Crippen molar-refractivity contribution in [1.82, 2.24) is 0 Å². The zero-order chi connectivity index (χ0) is 10.0. The van der Waals surface area contributed by atoms with Gasteiger partial charge in [-0.2, -0.15) is 0 Å². The minimum atomic E-state index is 0.609. The van der Waals surface area contributed by atoms with E-state index in [1.54, 1.807) is 12.2 Å². The normalized spacial score (nSPS) is 9.62. The maximum Gasteiger partial charge on any atom is 0.0646 e. The Kier molecular flexibility index (Phi) is 2.78. The van der Waals surface area contributed by atoms with Gasteiger partial charge in [-0.15, -0.1) is 0 Å². The molecule has 0 unspecified atom stereocenters. The molecule has 68 valence electrons. The van der Waals surface area contributed by atoms with Gasteiger partial charge in [-0.25, -0.2) is 0 Å². The highest BCUT2D eigenvalue weighted by Crippen LogP contribution is 2.33. The molecule has 0 atom stereocenters. The van der Waals surface area contributed by atoms with Gasteiger partial charge in [0.05, 0.1) is 15.8 Å². The summed E-state index contributed by atoms with van der Waals surface area (Å²) >= 11 is 3.32. The highest BCUT2D eigenvalue weighted by Gasteiger charge is 2.07. The first-order valence-electron chi connectivity index (χ1n) is 3.74. The summed E-state index contributed by atoms with van der Waals surface area (Å²) in [6.45, 7) is 7.32. The Bertz CT molecular complexity index is 337. The van der Waals surface area contributed by atoms with E-state index < -0.39 is 0 Å². The second-order valence-electron chi connectivity index (χ2n) is 2.60. The highest BCUT2D eigenvalue weighted by molar-refractivity contribution is 9.10. The molecule has 0 heterocycles. The average molecular weight is 239 g/mol. The predicted molar refractivity (Wildman–Crippen MR) is 63.1 cm³/mol. The van der Waals surface area contributed by atoms with Gasteiger partial charge in [-0.3, -0.25) is 0 Å². The first kappa shape index (κ1) is 9.86. The fraction of sp³-hybridized carbons (Fsp3) is 0. The monoisotopic (exact) mass is 238 g/mol. The Morgan fingerprint density at radius 1 is 1.08 bits per heavy atom. The lowest BCUT2D eigenvalue weighted by atomic mass is 10.1. The van der Waals surface area contributed by atoms with Crippen molar-refractivity contribution in [1.29, 1.82) is 0 Å². The van der Waals surface area contributed by atoms with Crippen LogP contribution in [-0.2, 0) is 0 Å². The van der Waals surface area contributed by atoms with Crippen LogP contribution in [0.4, 0.5) is 11.4 Å². The van der Waals surface area contributed by atoms with Gasteiger partial charge < -0.3 is 11.5 Å². The fourth-order valence-electron chi connectivity index (χ4n) is 1.06. The fourth-order valence-corrected chi connectivity index (χ4v) is 1.52. The van der Waals surface area contributed by atoms with E-state index in [2.05, 4.69) is 29.1 Å². The third kappa shape index (κ3) is 1.60. The molecule has 2 nitrogen and oxygen atoms in total. The molecular formula is C10H11BrN2. The van der Waals surface area contributed by atoms with Crippen LogP contribution >= 0.6 is 15.9 Å². The van der Waals surface area contributed by atoms with Crippen molar-refractivity contribution in [3.8, 4) is 0 Å². The second-order valence-corrected chi connectivity index (χ2v) is 3.40. The third-order valence-electron chi connectivity index (χ3n) is 1.85. The minimum absolute atomic E-state index is 0.609. The molecule has 0 saturated heterocycles. The van der Waals surface area contributed by atoms with Gasteiger partial charge in [0.15, 0.2) is 0 Å². The lowest BCUT2D eigenvalue weighted by molar-refractivity contribution is 1.56. The number of hydrogen-bond donors (Lipinski definition) is 2. The summed E-state index contributed by atoms with van der Waals surface area (Å²) in [4.78, 5) is 0. The average Bonchev–Trinajstić information content (AvgIpc) is 2.15. The molecule has 3 heteroatoms. The quantitative estimate of drug-likeness (QED) is 0.779. The zero-order valence-corrected chi connectivity index (χ0v) is 8.76. The lowest BCUT2D eigenvalue weighted by Gasteiger charge is -2.09. The highest BCUT2D eigenvalue weighted by atomic mass is 79.9. The number of anilines is 2. The summed E-state index contributed by atoms with van der Waals surface area (Å²) in [6.07, 6.45) is 3.37. The van der Waals surface area contributed by atoms with Crippen LogP contribution in [0.15, 0.2) is 23.7 Å². The van der Waals surface area contributed by atoms with Crippen molar-refractivity contribution in [3.63, 3.8) is 0 Å². The van der Waals surface area contributed by atoms with Gasteiger partial charge >= 0.3 is 0 Å². The lowest BCUT2D eigenvalue weighted by Crippen LogP contribution is -1.98. The van der Waals surface area contributed by atoms with Crippen molar-refractivity contribution >= 4 is 39.5 Å². The van der Waals surface area contributed by atoms with E-state index in [0.717, 1.165) is 11.1 Å². The van der Waals surface area contributed by atoms with Crippen LogP contribution in [0, 0.1) is 0 Å². The second kappa shape index (κ2) is 3.66. The van der Waals surface area contributed by atoms with Crippen molar-refractivity contribution in [2.24, 2.45) is 0 Å². The van der Waals surface area contributed by atoms with Crippen LogP contribution in [0.25, 0.3) is 12.2 Å². The molecule has 1 aromatic carbocycles. The first-order chi connectivity index (χ1) is 6.11. The van der Waals surface area contributed by atoms with E-state index in [9.17, 15) is 0 Å². The molecule has 0 aliphatic rings. The molecule has 0 aliphatic heterocycles. The van der Waals surface area contributed by atoms with E-state index in [0.29, 0.717) is 15.8 Å². The van der Waals surface area contributed by atoms with Crippen LogP contribution in [0.2, 0.25) is 0 Å². The van der Waals surface area contributed by atoms with Gasteiger partial charge in [0.2, 0.25) is 0 Å². The van der Waals surface area contributed by atoms with Crippen molar-refractivity contribution < 1.29 is 0 Å². The molecule has 4 N–H and O–H groups in total. The molecule has 0 saturated carbocycles. The van der Waals surface area contributed by atoms with Crippen LogP contribution < -0.4 is 11.5 Å². The minimum Gasteiger partial charge on any atom is -0.397 e. The Morgan fingerprint density at radius 2 is 1.46 bits per heavy atom. The predicted octanol–water partition coefficient (Wildman–Crippen LogP) is 2.90. The van der Waals surface area contributed by atoms with Gasteiger partial charge in [0.1, 0.15) is 0 Å². The van der Waals surface area contributed by atoms with Gasteiger partial charge in [0, 0.05) is 0 Å². The van der Waals surface area contributed by atoms with E-state index in [4.69, 9.17) is 11.5 Å². The Hall–Kier alpha value is -1.22. The number of benzene rings is 1. The summed E-state index contributed by atoms with van der Waals surface area (Å²) in [6, 6.07) is 1.86. The van der Waals surface area contributed by atoms with Gasteiger partial charge in [-0.05, 0) is 33.1 Å². The van der Waals surface area contributed by atoms with Gasteiger partial charge in [0.25, 0.3) is 0 Å². The smallest absolute Gasteiger partial charge is 0.0646 e. The molecular weight excluding hydrogens is 228 g/mol. The van der Waals surface area contributed by atoms with Crippen LogP contribution in [0.5, 0.6) is 0 Å². The molecule has 13 heavy (non-hydrogen) atoms. The standard InChI is InChI=1S/C10H11BrN2/c1-3-6-5-7(4-2)10(13)8(11)9(6)12/h3-5H,1-2,12-13H2. The third-order valence-corrected chi connectivity index (χ3v) is 2.70. The van der Waals surface area contributed by atoms with E-state index >= 15 is 0 Å². The number of hydrogen-bond acceptors (Lipinski definition) is 2. The Balaban J connectivity index is 3.53. The van der Waals surface area contributed by atoms with Gasteiger partial charge in [-0.1, -0.05) is 25.3 Å². The first-order valence-corrected chi connectivity index (χ1v) is 4.53. The summed E-state index contributed by atoms with van der Waals surface area (Å²) in [5.74, 6) is 0. The zero-order valence-electron chi connectivity index (χ0n) is 7.18. The summed E-state index contributed by atoms with van der Waals surface area (Å²) in [5, 5.41) is 0. The van der Waals surface area contributed by atoms with E-state index in [1.807, 2.05) is 6.07 Å². The summed E-state index contributed by atoms with van der Waals surface area (Å²) in [7, 11) is 0. The topological polar surface area (TPSA) is 52.0 Å². The van der Waals surface area contributed by atoms with Crippen LogP contribution in [0.3, 0.4) is 0 Å². The maximum absolute atomic E-state index is 5.79. The molecule has 0 aromatic heterocycles. The van der Waals surface area contributed by atoms with E-state index in [-0.39, 0.29) is 0 Å². The molecule has 0 spiro atoms. The molecule has 0 amide bonds. The molecule has 0 aliphatic carbocycles. The largest absolute Gasteiger partial charge is 0.397 e. The molecule has 0 radical (unpaired) electrons. The number of nitrogen functional groups attached to an aromatic ring is 2. The SMILES string of the molecule is C=Cc1cc(C=C)c(N)c(Br)c1N. The van der Waals surface area contributed by atoms with E-state index in [1.165, 1.54) is 0 Å². The molecule has 1 aromatic rings. The van der Waals surface area contributed by atoms with Crippen LogP contribution in [-0.4, -0.2) is 0 Å².